The minimum absolute atomic E-state index is 0.0170. The maximum absolute atomic E-state index is 5.59. The standard InChI is InChI=1S/C9H18N2O.C9H20N2/c1-9(2,3)12-7-6-11-5-4-10-8-11;1-9(2,3)11-7-5-10(4)6-8-11/h8H,4-7H2,1-3H3;5-8H2,1-4H3. The Hall–Kier alpha value is -0.650. The van der Waals surface area contributed by atoms with E-state index in [1.807, 2.05) is 6.34 Å². The van der Waals surface area contributed by atoms with Gasteiger partial charge in [-0.2, -0.15) is 0 Å². The fraction of sp³-hybridized carbons (Fsp3) is 0.944. The van der Waals surface area contributed by atoms with Crippen LogP contribution in [0.3, 0.4) is 0 Å². The molecule has 0 amide bonds. The van der Waals surface area contributed by atoms with Gasteiger partial charge in [0.2, 0.25) is 0 Å². The molecule has 0 aromatic carbocycles. The van der Waals surface area contributed by atoms with Crippen molar-refractivity contribution in [1.82, 2.24) is 14.7 Å². The van der Waals surface area contributed by atoms with Gasteiger partial charge >= 0.3 is 0 Å². The highest BCUT2D eigenvalue weighted by Crippen LogP contribution is 2.14. The molecule has 2 heterocycles. The van der Waals surface area contributed by atoms with Gasteiger partial charge in [0.1, 0.15) is 0 Å². The molecule has 2 aliphatic heterocycles. The molecule has 5 nitrogen and oxygen atoms in total. The van der Waals surface area contributed by atoms with Crippen LogP contribution in [0.1, 0.15) is 41.5 Å². The predicted molar refractivity (Wildman–Crippen MR) is 99.5 cm³/mol. The first-order valence-corrected chi connectivity index (χ1v) is 8.89. The Labute approximate surface area is 143 Å². The van der Waals surface area contributed by atoms with Crippen LogP contribution in [-0.2, 0) is 4.74 Å². The quantitative estimate of drug-likeness (QED) is 0.795. The van der Waals surface area contributed by atoms with E-state index in [1.165, 1.54) is 26.2 Å². The number of aliphatic imine (C=N–C) groups is 1. The van der Waals surface area contributed by atoms with E-state index in [0.717, 1.165) is 26.2 Å². The van der Waals surface area contributed by atoms with Gasteiger partial charge < -0.3 is 14.5 Å². The largest absolute Gasteiger partial charge is 0.374 e. The van der Waals surface area contributed by atoms with Crippen molar-refractivity contribution in [2.75, 3.05) is 59.5 Å². The summed E-state index contributed by atoms with van der Waals surface area (Å²) in [4.78, 5) is 11.3. The van der Waals surface area contributed by atoms with Gasteiger partial charge in [0.25, 0.3) is 0 Å². The second kappa shape index (κ2) is 9.00. The summed E-state index contributed by atoms with van der Waals surface area (Å²) in [5.74, 6) is 0. The predicted octanol–water partition coefficient (Wildman–Crippen LogP) is 2.18. The molecule has 136 valence electrons. The van der Waals surface area contributed by atoms with E-state index in [1.54, 1.807) is 0 Å². The van der Waals surface area contributed by atoms with Gasteiger partial charge in [0.05, 0.1) is 25.1 Å². The molecule has 5 heteroatoms. The summed E-state index contributed by atoms with van der Waals surface area (Å²) in [5, 5.41) is 0. The Balaban J connectivity index is 0.000000231. The molecule has 23 heavy (non-hydrogen) atoms. The van der Waals surface area contributed by atoms with Gasteiger partial charge in [-0.05, 0) is 48.6 Å². The Morgan fingerprint density at radius 2 is 1.57 bits per heavy atom. The molecule has 2 rings (SSSR count). The van der Waals surface area contributed by atoms with Crippen LogP contribution in [0.2, 0.25) is 0 Å². The number of nitrogens with zero attached hydrogens (tertiary/aromatic N) is 4. The van der Waals surface area contributed by atoms with Crippen molar-refractivity contribution in [3.8, 4) is 0 Å². The van der Waals surface area contributed by atoms with Crippen LogP contribution in [0.5, 0.6) is 0 Å². The lowest BCUT2D eigenvalue weighted by Crippen LogP contribution is -2.52. The van der Waals surface area contributed by atoms with Crippen molar-refractivity contribution in [1.29, 1.82) is 0 Å². The smallest absolute Gasteiger partial charge is 0.0852 e. The third kappa shape index (κ3) is 9.28. The van der Waals surface area contributed by atoms with E-state index in [-0.39, 0.29) is 5.60 Å². The van der Waals surface area contributed by atoms with E-state index >= 15 is 0 Å². The van der Waals surface area contributed by atoms with Gasteiger partial charge in [-0.25, -0.2) is 0 Å². The van der Waals surface area contributed by atoms with Gasteiger partial charge in [0, 0.05) is 44.8 Å². The molecule has 0 saturated carbocycles. The van der Waals surface area contributed by atoms with Gasteiger partial charge in [0.15, 0.2) is 0 Å². The molecule has 0 bridgehead atoms. The van der Waals surface area contributed by atoms with Crippen molar-refractivity contribution in [2.45, 2.75) is 52.7 Å². The van der Waals surface area contributed by atoms with Crippen molar-refractivity contribution < 1.29 is 4.74 Å². The summed E-state index contributed by atoms with van der Waals surface area (Å²) in [7, 11) is 2.19. The summed E-state index contributed by atoms with van der Waals surface area (Å²) in [5.41, 5.74) is 0.345. The second-order valence-electron chi connectivity index (χ2n) is 8.48. The molecule has 0 N–H and O–H groups in total. The van der Waals surface area contributed by atoms with Crippen LogP contribution in [0.15, 0.2) is 4.99 Å². The lowest BCUT2D eigenvalue weighted by atomic mass is 10.1. The molecule has 1 fully saturated rings. The topological polar surface area (TPSA) is 31.3 Å². The maximum atomic E-state index is 5.59. The lowest BCUT2D eigenvalue weighted by Gasteiger charge is -2.41. The number of hydrogen-bond acceptors (Lipinski definition) is 5. The molecule has 0 aromatic heterocycles. The summed E-state index contributed by atoms with van der Waals surface area (Å²) in [6.07, 6.45) is 1.91. The van der Waals surface area contributed by atoms with Crippen LogP contribution in [0, 0.1) is 0 Å². The SMILES string of the molecule is CC(C)(C)OCCN1C=NCC1.CN1CCN(C(C)(C)C)CC1. The molecule has 0 atom stereocenters. The first-order chi connectivity index (χ1) is 10.6. The average molecular weight is 327 g/mol. The number of likely N-dealkylation sites (N-methyl/N-ethyl adjacent to an activating group) is 1. The molecule has 2 aliphatic rings. The summed E-state index contributed by atoms with van der Waals surface area (Å²) in [6.45, 7) is 21.7. The molecular weight excluding hydrogens is 288 g/mol. The van der Waals surface area contributed by atoms with Gasteiger partial charge in [-0.15, -0.1) is 0 Å². The van der Waals surface area contributed by atoms with Crippen molar-refractivity contribution in [3.05, 3.63) is 0 Å². The fourth-order valence-electron chi connectivity index (χ4n) is 2.53. The number of piperazine rings is 1. The molecule has 0 aromatic rings. The van der Waals surface area contributed by atoms with Crippen LogP contribution < -0.4 is 0 Å². The van der Waals surface area contributed by atoms with Gasteiger partial charge in [-0.3, -0.25) is 9.89 Å². The molecule has 0 unspecified atom stereocenters. The lowest BCUT2D eigenvalue weighted by molar-refractivity contribution is -0.00653. The summed E-state index contributed by atoms with van der Waals surface area (Å²) >= 11 is 0. The van der Waals surface area contributed by atoms with E-state index < -0.39 is 0 Å². The molecular formula is C18H38N4O. The van der Waals surface area contributed by atoms with E-state index in [2.05, 4.69) is 68.3 Å². The van der Waals surface area contributed by atoms with E-state index in [0.29, 0.717) is 5.54 Å². The maximum Gasteiger partial charge on any atom is 0.0852 e. The number of ether oxygens (including phenoxy) is 1. The Kier molecular flexibility index (Phi) is 7.98. The third-order valence-corrected chi connectivity index (χ3v) is 4.13. The Bertz CT molecular complexity index is 349. The Morgan fingerprint density at radius 3 is 2.00 bits per heavy atom. The summed E-state index contributed by atoms with van der Waals surface area (Å²) < 4.78 is 5.59. The number of hydrogen-bond donors (Lipinski definition) is 0. The molecule has 0 aliphatic carbocycles. The highest BCUT2D eigenvalue weighted by Gasteiger charge is 2.23. The van der Waals surface area contributed by atoms with Gasteiger partial charge in [-0.1, -0.05) is 0 Å². The van der Waals surface area contributed by atoms with E-state index in [4.69, 9.17) is 4.74 Å². The average Bonchev–Trinajstić information content (AvgIpc) is 2.90. The fourth-order valence-corrected chi connectivity index (χ4v) is 2.53. The van der Waals surface area contributed by atoms with Crippen molar-refractivity contribution >= 4 is 6.34 Å². The first kappa shape index (κ1) is 20.4. The van der Waals surface area contributed by atoms with Crippen LogP contribution in [-0.4, -0.2) is 91.6 Å². The highest BCUT2D eigenvalue weighted by atomic mass is 16.5. The zero-order valence-corrected chi connectivity index (χ0v) is 16.4. The highest BCUT2D eigenvalue weighted by molar-refractivity contribution is 5.56. The Morgan fingerprint density at radius 1 is 0.957 bits per heavy atom. The molecule has 1 saturated heterocycles. The first-order valence-electron chi connectivity index (χ1n) is 8.89. The third-order valence-electron chi connectivity index (χ3n) is 4.13. The number of rotatable bonds is 3. The minimum atomic E-state index is -0.0170. The minimum Gasteiger partial charge on any atom is -0.374 e. The van der Waals surface area contributed by atoms with Crippen molar-refractivity contribution in [3.63, 3.8) is 0 Å². The zero-order valence-electron chi connectivity index (χ0n) is 16.4. The summed E-state index contributed by atoms with van der Waals surface area (Å²) in [6, 6.07) is 0. The second-order valence-corrected chi connectivity index (χ2v) is 8.48. The van der Waals surface area contributed by atoms with Crippen molar-refractivity contribution in [2.24, 2.45) is 4.99 Å². The van der Waals surface area contributed by atoms with Crippen LogP contribution in [0.25, 0.3) is 0 Å². The monoisotopic (exact) mass is 326 g/mol. The zero-order chi connectivity index (χ0) is 17.5. The normalized spacial score (nSPS) is 20.6. The molecule has 0 spiro atoms. The van der Waals surface area contributed by atoms with Crippen LogP contribution in [0.4, 0.5) is 0 Å². The van der Waals surface area contributed by atoms with E-state index in [9.17, 15) is 0 Å². The molecule has 0 radical (unpaired) electrons. The van der Waals surface area contributed by atoms with Crippen LogP contribution >= 0.6 is 0 Å².